The summed E-state index contributed by atoms with van der Waals surface area (Å²) in [4.78, 5) is 0. The van der Waals surface area contributed by atoms with Crippen LogP contribution in [0.25, 0.3) is 153 Å². The molecule has 0 fully saturated rings. The second-order valence-electron chi connectivity index (χ2n) is 22.5. The summed E-state index contributed by atoms with van der Waals surface area (Å²) < 4.78 is 2.21. The molecule has 2 nitrogen and oxygen atoms in total. The molecule has 0 atom stereocenters. The van der Waals surface area contributed by atoms with Crippen LogP contribution >= 0.6 is 31.9 Å². The third-order valence-electron chi connectivity index (χ3n) is 17.5. The lowest BCUT2D eigenvalue weighted by Crippen LogP contribution is -2.31. The molecule has 89 heavy (non-hydrogen) atoms. The van der Waals surface area contributed by atoms with Crippen LogP contribution in [-0.4, -0.2) is 17.2 Å². The molecule has 0 unspecified atom stereocenters. The average molecular weight is 1270 g/mol. The number of rotatable bonds is 6. The maximum absolute atomic E-state index is 10.1. The Bertz CT molecular complexity index is 5180. The van der Waals surface area contributed by atoms with Crippen molar-refractivity contribution in [2.75, 3.05) is 0 Å². The largest absolute Gasteiger partial charge is 0.489 e. The van der Waals surface area contributed by atoms with Crippen LogP contribution in [-0.2, 0) is 0 Å². The van der Waals surface area contributed by atoms with Crippen molar-refractivity contribution in [1.29, 1.82) is 0 Å². The summed E-state index contributed by atoms with van der Waals surface area (Å²) in [5.74, 6) is 0. The van der Waals surface area contributed by atoms with Crippen molar-refractivity contribution < 1.29 is 10.0 Å². The van der Waals surface area contributed by atoms with E-state index in [-0.39, 0.29) is 0 Å². The summed E-state index contributed by atoms with van der Waals surface area (Å²) >= 11 is 6.66. The standard InChI is InChI=1S/C54H34.C24H17BO2.C6H4Br2/c1-3-22-39-35(16-1)18-14-32-41(39)53-47-28-9-5-24-43(47)51(44-25-6-10-29-48(44)53)37-20-13-21-38(34-37)52-45-26-7-11-30-49(45)54(50-31-12-8-27-46(50)52)42-33-15-19-36-17-2-4-23-40(36)42;26-25(27)24-21-13-5-3-11-19(21)23(20-12-4-6-14-22(20)24)18-15-7-9-16-8-1-2-10-17(16)18;7-5-2-1-3-6(8)4-5/h1-34H;1-15,26-27H;1-4H. The number of hydrogen-bond donors (Lipinski definition) is 2. The van der Waals surface area contributed by atoms with Crippen molar-refractivity contribution in [1.82, 2.24) is 0 Å². The van der Waals surface area contributed by atoms with Crippen LogP contribution in [0.2, 0.25) is 0 Å². The minimum atomic E-state index is -1.53. The SMILES string of the molecule is Brc1cccc(Br)c1.OB(O)c1c2ccccc2c(-c2cccc3ccccc23)c2ccccc12.c1cc(-c2c3ccccc3c(-c3cccc4ccccc34)c3ccccc23)cc(-c2c3ccccc3c(-c3cccc4ccccc34)c3ccccc23)c1. The van der Waals surface area contributed by atoms with Gasteiger partial charge in [0.05, 0.1) is 0 Å². The molecule has 0 saturated heterocycles. The molecule has 0 spiro atoms. The monoisotopic (exact) mass is 1260 g/mol. The van der Waals surface area contributed by atoms with Crippen molar-refractivity contribution in [3.8, 4) is 55.6 Å². The van der Waals surface area contributed by atoms with E-state index in [1.165, 1.54) is 120 Å². The van der Waals surface area contributed by atoms with Gasteiger partial charge in [0.2, 0.25) is 0 Å². The van der Waals surface area contributed by atoms with E-state index in [0.717, 1.165) is 41.6 Å². The summed E-state index contributed by atoms with van der Waals surface area (Å²) in [6.07, 6.45) is 0. The Morgan fingerprint density at radius 3 is 0.708 bits per heavy atom. The third-order valence-corrected chi connectivity index (χ3v) is 18.5. The fourth-order valence-corrected chi connectivity index (χ4v) is 14.9. The highest BCUT2D eigenvalue weighted by Gasteiger charge is 2.24. The zero-order chi connectivity index (χ0) is 60.0. The quantitative estimate of drug-likeness (QED) is 0.129. The molecular formula is C84H55BBr2O2. The highest BCUT2D eigenvalue weighted by molar-refractivity contribution is 9.11. The molecular weight excluding hydrogens is 1210 g/mol. The van der Waals surface area contributed by atoms with E-state index in [2.05, 4.69) is 287 Å². The topological polar surface area (TPSA) is 40.5 Å². The van der Waals surface area contributed by atoms with Crippen molar-refractivity contribution in [2.24, 2.45) is 0 Å². The Morgan fingerprint density at radius 1 is 0.202 bits per heavy atom. The van der Waals surface area contributed by atoms with E-state index in [4.69, 9.17) is 0 Å². The first-order chi connectivity index (χ1) is 43.9. The van der Waals surface area contributed by atoms with Gasteiger partial charge in [-0.15, -0.1) is 0 Å². The second-order valence-corrected chi connectivity index (χ2v) is 24.4. The molecule has 5 heteroatoms. The normalized spacial score (nSPS) is 11.4. The lowest BCUT2D eigenvalue weighted by Gasteiger charge is -2.20. The fraction of sp³-hybridized carbons (Fsp3) is 0. The predicted molar refractivity (Wildman–Crippen MR) is 389 cm³/mol. The number of hydrogen-bond acceptors (Lipinski definition) is 2. The van der Waals surface area contributed by atoms with E-state index in [1.807, 2.05) is 66.7 Å². The van der Waals surface area contributed by atoms with Gasteiger partial charge < -0.3 is 10.0 Å². The van der Waals surface area contributed by atoms with Crippen LogP contribution in [0.5, 0.6) is 0 Å². The van der Waals surface area contributed by atoms with Gasteiger partial charge in [-0.05, 0) is 182 Å². The van der Waals surface area contributed by atoms with Crippen molar-refractivity contribution >= 4 is 141 Å². The minimum Gasteiger partial charge on any atom is -0.423 e. The molecule has 17 aromatic rings. The van der Waals surface area contributed by atoms with Gasteiger partial charge in [0.15, 0.2) is 0 Å². The van der Waals surface area contributed by atoms with E-state index >= 15 is 0 Å². The molecule has 17 rings (SSSR count). The first kappa shape index (κ1) is 55.6. The molecule has 0 aliphatic rings. The van der Waals surface area contributed by atoms with Gasteiger partial charge in [-0.25, -0.2) is 0 Å². The first-order valence-electron chi connectivity index (χ1n) is 30.0. The van der Waals surface area contributed by atoms with Crippen LogP contribution in [0.4, 0.5) is 0 Å². The Kier molecular flexibility index (Phi) is 15.0. The first-order valence-corrected chi connectivity index (χ1v) is 31.6. The number of fused-ring (bicyclic) bond motifs is 9. The molecule has 0 aliphatic carbocycles. The maximum atomic E-state index is 10.1. The summed E-state index contributed by atoms with van der Waals surface area (Å²) in [6, 6.07) is 115. The Morgan fingerprint density at radius 2 is 0.427 bits per heavy atom. The Hall–Kier alpha value is -9.98. The van der Waals surface area contributed by atoms with Crippen LogP contribution in [0.1, 0.15) is 0 Å². The molecule has 0 radical (unpaired) electrons. The summed E-state index contributed by atoms with van der Waals surface area (Å²) in [5, 5.41) is 41.6. The van der Waals surface area contributed by atoms with Crippen LogP contribution < -0.4 is 5.46 Å². The molecule has 2 N–H and O–H groups in total. The highest BCUT2D eigenvalue weighted by Crippen LogP contribution is 2.49. The molecule has 0 heterocycles. The maximum Gasteiger partial charge on any atom is 0.489 e. The third kappa shape index (κ3) is 10.1. The molecule has 17 aromatic carbocycles. The van der Waals surface area contributed by atoms with Gasteiger partial charge in [0.25, 0.3) is 0 Å². The van der Waals surface area contributed by atoms with Gasteiger partial charge in [-0.3, -0.25) is 0 Å². The zero-order valence-electron chi connectivity index (χ0n) is 48.3. The summed E-state index contributed by atoms with van der Waals surface area (Å²) in [5.41, 5.74) is 12.9. The lowest BCUT2D eigenvalue weighted by atomic mass is 9.72. The number of benzene rings is 17. The zero-order valence-corrected chi connectivity index (χ0v) is 51.5. The van der Waals surface area contributed by atoms with Crippen molar-refractivity contribution in [3.63, 3.8) is 0 Å². The molecule has 0 amide bonds. The predicted octanol–water partition coefficient (Wildman–Crippen LogP) is 23.0. The van der Waals surface area contributed by atoms with E-state index in [0.29, 0.717) is 5.46 Å². The average Bonchev–Trinajstić information content (AvgIpc) is 2.52. The highest BCUT2D eigenvalue weighted by atomic mass is 79.9. The van der Waals surface area contributed by atoms with Gasteiger partial charge in [0.1, 0.15) is 0 Å². The molecule has 0 aromatic heterocycles. The number of halogens is 2. The van der Waals surface area contributed by atoms with Crippen LogP contribution in [0.3, 0.4) is 0 Å². The van der Waals surface area contributed by atoms with Crippen molar-refractivity contribution in [2.45, 2.75) is 0 Å². The summed E-state index contributed by atoms with van der Waals surface area (Å²) in [6.45, 7) is 0. The lowest BCUT2D eigenvalue weighted by molar-refractivity contribution is 0.426. The second kappa shape index (κ2) is 24.0. The van der Waals surface area contributed by atoms with Crippen LogP contribution in [0.15, 0.2) is 330 Å². The smallest absolute Gasteiger partial charge is 0.423 e. The fourth-order valence-electron chi connectivity index (χ4n) is 13.8. The minimum absolute atomic E-state index is 0.560. The Labute approximate surface area is 533 Å². The van der Waals surface area contributed by atoms with Gasteiger partial charge in [-0.1, -0.05) is 329 Å². The molecule has 0 bridgehead atoms. The van der Waals surface area contributed by atoms with E-state index in [1.54, 1.807) is 0 Å². The molecule has 420 valence electrons. The Balaban J connectivity index is 0.000000156. The van der Waals surface area contributed by atoms with E-state index < -0.39 is 7.12 Å². The van der Waals surface area contributed by atoms with Gasteiger partial charge in [0, 0.05) is 8.95 Å². The van der Waals surface area contributed by atoms with Crippen LogP contribution in [0, 0.1) is 0 Å². The van der Waals surface area contributed by atoms with Gasteiger partial charge in [-0.2, -0.15) is 0 Å². The van der Waals surface area contributed by atoms with Gasteiger partial charge >= 0.3 is 7.12 Å². The summed E-state index contributed by atoms with van der Waals surface area (Å²) in [7, 11) is -1.53. The molecule has 0 aliphatic heterocycles. The molecule has 0 saturated carbocycles. The van der Waals surface area contributed by atoms with E-state index in [9.17, 15) is 10.0 Å². The van der Waals surface area contributed by atoms with Crippen molar-refractivity contribution in [3.05, 3.63) is 330 Å².